The Morgan fingerprint density at radius 3 is 2.37 bits per heavy atom. The second-order valence-electron chi connectivity index (χ2n) is 6.40. The van der Waals surface area contributed by atoms with Gasteiger partial charge in [-0.15, -0.1) is 0 Å². The van der Waals surface area contributed by atoms with Crippen LogP contribution < -0.4 is 14.8 Å². The fourth-order valence-electron chi connectivity index (χ4n) is 2.38. The van der Waals surface area contributed by atoms with Gasteiger partial charge in [0, 0.05) is 12.1 Å². The first kappa shape index (κ1) is 20.8. The maximum atomic E-state index is 12.7. The highest BCUT2D eigenvalue weighted by Crippen LogP contribution is 2.27. The first-order chi connectivity index (χ1) is 12.8. The van der Waals surface area contributed by atoms with Crippen molar-refractivity contribution in [2.75, 3.05) is 11.3 Å². The molecule has 27 heavy (non-hydrogen) atoms. The van der Waals surface area contributed by atoms with Crippen LogP contribution in [-0.4, -0.2) is 27.0 Å². The molecule has 6 nitrogen and oxygen atoms in total. The molecular weight excluding hydrogens is 364 g/mol. The van der Waals surface area contributed by atoms with Crippen molar-refractivity contribution in [1.29, 1.82) is 0 Å². The third-order valence-corrected chi connectivity index (χ3v) is 5.12. The first-order valence-electron chi connectivity index (χ1n) is 9.00. The molecular formula is C20H26N2O4S. The summed E-state index contributed by atoms with van der Waals surface area (Å²) in [4.78, 5) is 12.1. The third-order valence-electron chi connectivity index (χ3n) is 3.74. The van der Waals surface area contributed by atoms with E-state index in [1.807, 2.05) is 20.8 Å². The smallest absolute Gasteiger partial charge is 0.262 e. The van der Waals surface area contributed by atoms with Crippen LogP contribution in [0.5, 0.6) is 5.75 Å². The summed E-state index contributed by atoms with van der Waals surface area (Å²) >= 11 is 0. The van der Waals surface area contributed by atoms with E-state index in [9.17, 15) is 13.2 Å². The molecule has 0 saturated carbocycles. The fourth-order valence-corrected chi connectivity index (χ4v) is 3.45. The van der Waals surface area contributed by atoms with Gasteiger partial charge in [0.05, 0.1) is 16.7 Å². The molecule has 0 spiro atoms. The van der Waals surface area contributed by atoms with Crippen molar-refractivity contribution >= 4 is 21.6 Å². The molecule has 0 fully saturated rings. The predicted octanol–water partition coefficient (Wildman–Crippen LogP) is 3.80. The van der Waals surface area contributed by atoms with Crippen molar-refractivity contribution in [2.24, 2.45) is 0 Å². The number of nitrogens with one attached hydrogen (secondary N) is 2. The van der Waals surface area contributed by atoms with E-state index in [2.05, 4.69) is 10.0 Å². The Hall–Kier alpha value is -2.54. The molecule has 0 radical (unpaired) electrons. The molecule has 0 bridgehead atoms. The zero-order chi connectivity index (χ0) is 19.9. The van der Waals surface area contributed by atoms with Crippen molar-refractivity contribution in [3.05, 3.63) is 54.1 Å². The zero-order valence-corrected chi connectivity index (χ0v) is 16.7. The summed E-state index contributed by atoms with van der Waals surface area (Å²) in [6, 6.07) is 12.7. The summed E-state index contributed by atoms with van der Waals surface area (Å²) in [7, 11) is -3.80. The molecule has 0 saturated heterocycles. The fraction of sp³-hybridized carbons (Fsp3) is 0.350. The molecule has 2 aromatic rings. The first-order valence-corrected chi connectivity index (χ1v) is 10.5. The van der Waals surface area contributed by atoms with Gasteiger partial charge in [-0.05, 0) is 56.7 Å². The molecule has 0 aromatic heterocycles. The number of benzene rings is 2. The SMILES string of the molecule is CCCCNC(=O)c1ccc(S(=O)(=O)Nc2ccccc2OC(C)C)cc1. The highest BCUT2D eigenvalue weighted by Gasteiger charge is 2.17. The van der Waals surface area contributed by atoms with E-state index in [0.717, 1.165) is 12.8 Å². The van der Waals surface area contributed by atoms with Gasteiger partial charge in [-0.3, -0.25) is 9.52 Å². The van der Waals surface area contributed by atoms with Crippen molar-refractivity contribution in [3.8, 4) is 5.75 Å². The monoisotopic (exact) mass is 390 g/mol. The Bertz CT molecular complexity index is 862. The van der Waals surface area contributed by atoms with Gasteiger partial charge in [0.15, 0.2) is 0 Å². The second kappa shape index (κ2) is 9.41. The number of unbranched alkanes of at least 4 members (excludes halogenated alkanes) is 1. The molecule has 146 valence electrons. The number of para-hydroxylation sites is 2. The van der Waals surface area contributed by atoms with E-state index in [4.69, 9.17) is 4.74 Å². The molecule has 0 aliphatic carbocycles. The summed E-state index contributed by atoms with van der Waals surface area (Å²) in [5, 5.41) is 2.80. The lowest BCUT2D eigenvalue weighted by molar-refractivity contribution is 0.0953. The predicted molar refractivity (Wildman–Crippen MR) is 107 cm³/mol. The summed E-state index contributed by atoms with van der Waals surface area (Å²) in [6.45, 7) is 6.39. The summed E-state index contributed by atoms with van der Waals surface area (Å²) in [5.41, 5.74) is 0.793. The Labute approximate surface area is 161 Å². The number of sulfonamides is 1. The number of hydrogen-bond acceptors (Lipinski definition) is 4. The lowest BCUT2D eigenvalue weighted by Gasteiger charge is -2.15. The molecule has 2 rings (SSSR count). The third kappa shape index (κ3) is 5.99. The minimum absolute atomic E-state index is 0.0759. The topological polar surface area (TPSA) is 84.5 Å². The molecule has 7 heteroatoms. The molecule has 2 aromatic carbocycles. The molecule has 1 amide bonds. The minimum atomic E-state index is -3.80. The zero-order valence-electron chi connectivity index (χ0n) is 15.9. The van der Waals surface area contributed by atoms with Crippen LogP contribution in [0.25, 0.3) is 0 Å². The molecule has 0 aliphatic heterocycles. The molecule has 2 N–H and O–H groups in total. The van der Waals surface area contributed by atoms with Crippen molar-refractivity contribution in [1.82, 2.24) is 5.32 Å². The number of carbonyl (C=O) groups excluding carboxylic acids is 1. The lowest BCUT2D eigenvalue weighted by atomic mass is 10.2. The largest absolute Gasteiger partial charge is 0.489 e. The quantitative estimate of drug-likeness (QED) is 0.638. The normalized spacial score (nSPS) is 11.3. The van der Waals surface area contributed by atoms with Gasteiger partial charge in [-0.1, -0.05) is 25.5 Å². The number of ether oxygens (including phenoxy) is 1. The van der Waals surface area contributed by atoms with Crippen molar-refractivity contribution in [2.45, 2.75) is 44.6 Å². The van der Waals surface area contributed by atoms with Crippen LogP contribution in [0.1, 0.15) is 44.0 Å². The van der Waals surface area contributed by atoms with Gasteiger partial charge >= 0.3 is 0 Å². The average molecular weight is 391 g/mol. The molecule has 0 unspecified atom stereocenters. The second-order valence-corrected chi connectivity index (χ2v) is 8.08. The lowest BCUT2D eigenvalue weighted by Crippen LogP contribution is -2.24. The van der Waals surface area contributed by atoms with Gasteiger partial charge in [0.1, 0.15) is 5.75 Å². The number of carbonyl (C=O) groups is 1. The van der Waals surface area contributed by atoms with Gasteiger partial charge in [-0.25, -0.2) is 8.42 Å². The van der Waals surface area contributed by atoms with E-state index in [1.54, 1.807) is 24.3 Å². The molecule has 0 aliphatic rings. The summed E-state index contributed by atoms with van der Waals surface area (Å²) in [6.07, 6.45) is 1.81. The summed E-state index contributed by atoms with van der Waals surface area (Å²) in [5.74, 6) is 0.249. The number of anilines is 1. The van der Waals surface area contributed by atoms with Gasteiger partial charge in [0.25, 0.3) is 15.9 Å². The highest BCUT2D eigenvalue weighted by molar-refractivity contribution is 7.92. The standard InChI is InChI=1S/C20H26N2O4S/c1-4-5-14-21-20(23)16-10-12-17(13-11-16)27(24,25)22-18-8-6-7-9-19(18)26-15(2)3/h6-13,15,22H,4-5,14H2,1-3H3,(H,21,23). The summed E-state index contributed by atoms with van der Waals surface area (Å²) < 4.78 is 33.5. The Balaban J connectivity index is 2.14. The highest BCUT2D eigenvalue weighted by atomic mass is 32.2. The van der Waals surface area contributed by atoms with E-state index in [0.29, 0.717) is 23.5 Å². The van der Waals surface area contributed by atoms with E-state index in [-0.39, 0.29) is 16.9 Å². The van der Waals surface area contributed by atoms with Crippen LogP contribution in [-0.2, 0) is 10.0 Å². The maximum Gasteiger partial charge on any atom is 0.262 e. The Morgan fingerprint density at radius 1 is 1.07 bits per heavy atom. The Morgan fingerprint density at radius 2 is 1.74 bits per heavy atom. The Kier molecular flexibility index (Phi) is 7.24. The van der Waals surface area contributed by atoms with E-state index in [1.165, 1.54) is 24.3 Å². The van der Waals surface area contributed by atoms with Crippen LogP contribution in [0.4, 0.5) is 5.69 Å². The average Bonchev–Trinajstić information content (AvgIpc) is 2.63. The molecule has 0 atom stereocenters. The molecule has 0 heterocycles. The number of amides is 1. The number of hydrogen-bond donors (Lipinski definition) is 2. The van der Waals surface area contributed by atoms with Gasteiger partial charge in [-0.2, -0.15) is 0 Å². The van der Waals surface area contributed by atoms with Gasteiger partial charge < -0.3 is 10.1 Å². The van der Waals surface area contributed by atoms with Gasteiger partial charge in [0.2, 0.25) is 0 Å². The van der Waals surface area contributed by atoms with E-state index < -0.39 is 10.0 Å². The van der Waals surface area contributed by atoms with E-state index >= 15 is 0 Å². The van der Waals surface area contributed by atoms with Crippen LogP contribution in [0, 0.1) is 0 Å². The number of rotatable bonds is 9. The van der Waals surface area contributed by atoms with Crippen LogP contribution in [0.15, 0.2) is 53.4 Å². The van der Waals surface area contributed by atoms with Crippen molar-refractivity contribution < 1.29 is 17.9 Å². The van der Waals surface area contributed by atoms with Crippen LogP contribution >= 0.6 is 0 Å². The van der Waals surface area contributed by atoms with Crippen molar-refractivity contribution in [3.63, 3.8) is 0 Å². The minimum Gasteiger partial charge on any atom is -0.489 e. The maximum absolute atomic E-state index is 12.7. The van der Waals surface area contributed by atoms with Crippen LogP contribution in [0.2, 0.25) is 0 Å². The van der Waals surface area contributed by atoms with Crippen LogP contribution in [0.3, 0.4) is 0 Å².